The second kappa shape index (κ2) is 5.08. The van der Waals surface area contributed by atoms with Gasteiger partial charge in [-0.1, -0.05) is 0 Å². The highest BCUT2D eigenvalue weighted by molar-refractivity contribution is 9.10. The Morgan fingerprint density at radius 1 is 1.35 bits per heavy atom. The van der Waals surface area contributed by atoms with Crippen molar-refractivity contribution in [2.24, 2.45) is 19.8 Å². The molecule has 0 aliphatic heterocycles. The first-order valence-corrected chi connectivity index (χ1v) is 6.44. The van der Waals surface area contributed by atoms with E-state index < -0.39 is 11.8 Å². The highest BCUT2D eigenvalue weighted by Gasteiger charge is 2.21. The standard InChI is InChI=1S/C11H13BrN6O2/c1-5-7(12)8(16-17(5)2)11(20)15-6-4-14-18(3)9(6)10(13)19/h4H,1-3H3,(H2,13,19)(H,15,20). The third-order valence-corrected chi connectivity index (χ3v) is 3.85. The van der Waals surface area contributed by atoms with Crippen LogP contribution in [0.5, 0.6) is 0 Å². The van der Waals surface area contributed by atoms with Crippen LogP contribution >= 0.6 is 15.9 Å². The van der Waals surface area contributed by atoms with Crippen LogP contribution < -0.4 is 11.1 Å². The van der Waals surface area contributed by atoms with Gasteiger partial charge in [0, 0.05) is 14.1 Å². The summed E-state index contributed by atoms with van der Waals surface area (Å²) in [6, 6.07) is 0. The van der Waals surface area contributed by atoms with Gasteiger partial charge in [-0.25, -0.2) is 0 Å². The van der Waals surface area contributed by atoms with E-state index in [2.05, 4.69) is 31.4 Å². The van der Waals surface area contributed by atoms with E-state index in [0.29, 0.717) is 4.47 Å². The van der Waals surface area contributed by atoms with Gasteiger partial charge in [-0.3, -0.25) is 19.0 Å². The van der Waals surface area contributed by atoms with E-state index in [1.54, 1.807) is 18.8 Å². The molecule has 0 aliphatic rings. The average molecular weight is 341 g/mol. The Kier molecular flexibility index (Phi) is 3.62. The van der Waals surface area contributed by atoms with Crippen LogP contribution in [0.1, 0.15) is 26.7 Å². The number of nitrogens with two attached hydrogens (primary N) is 1. The van der Waals surface area contributed by atoms with Crippen molar-refractivity contribution in [3.05, 3.63) is 27.8 Å². The monoisotopic (exact) mass is 340 g/mol. The largest absolute Gasteiger partial charge is 0.364 e. The van der Waals surface area contributed by atoms with E-state index in [1.807, 2.05) is 6.92 Å². The minimum atomic E-state index is -0.670. The number of primary amides is 1. The van der Waals surface area contributed by atoms with E-state index in [-0.39, 0.29) is 17.1 Å². The highest BCUT2D eigenvalue weighted by Crippen LogP contribution is 2.22. The number of rotatable bonds is 3. The maximum atomic E-state index is 12.2. The molecule has 0 bridgehead atoms. The van der Waals surface area contributed by atoms with Crippen molar-refractivity contribution in [3.8, 4) is 0 Å². The summed E-state index contributed by atoms with van der Waals surface area (Å²) < 4.78 is 3.48. The van der Waals surface area contributed by atoms with Crippen LogP contribution in [-0.4, -0.2) is 31.4 Å². The SMILES string of the molecule is Cc1c(Br)c(C(=O)Nc2cnn(C)c2C(N)=O)nn1C. The number of hydrogen-bond donors (Lipinski definition) is 2. The van der Waals surface area contributed by atoms with E-state index >= 15 is 0 Å². The number of aromatic nitrogens is 4. The van der Waals surface area contributed by atoms with Gasteiger partial charge in [0.15, 0.2) is 5.69 Å². The molecule has 2 aromatic heterocycles. The lowest BCUT2D eigenvalue weighted by molar-refractivity contribution is 0.0992. The van der Waals surface area contributed by atoms with Gasteiger partial charge < -0.3 is 11.1 Å². The van der Waals surface area contributed by atoms with Gasteiger partial charge in [0.1, 0.15) is 5.69 Å². The molecule has 0 saturated carbocycles. The first-order valence-electron chi connectivity index (χ1n) is 5.65. The number of amides is 2. The van der Waals surface area contributed by atoms with Gasteiger partial charge in [-0.05, 0) is 22.9 Å². The summed E-state index contributed by atoms with van der Waals surface area (Å²) >= 11 is 3.31. The summed E-state index contributed by atoms with van der Waals surface area (Å²) in [5.41, 5.74) is 6.67. The van der Waals surface area contributed by atoms with Crippen molar-refractivity contribution >= 4 is 33.4 Å². The quantitative estimate of drug-likeness (QED) is 0.851. The number of halogens is 1. The fourth-order valence-corrected chi connectivity index (χ4v) is 2.25. The molecule has 0 fully saturated rings. The Labute approximate surface area is 123 Å². The molecule has 3 N–H and O–H groups in total. The summed E-state index contributed by atoms with van der Waals surface area (Å²) in [6.45, 7) is 1.83. The molecule has 2 amide bonds. The molecule has 0 saturated heterocycles. The number of hydrogen-bond acceptors (Lipinski definition) is 4. The van der Waals surface area contributed by atoms with Crippen LogP contribution in [0.4, 0.5) is 5.69 Å². The van der Waals surface area contributed by atoms with Gasteiger partial charge in [0.05, 0.1) is 22.1 Å². The zero-order valence-corrected chi connectivity index (χ0v) is 12.7. The third-order valence-electron chi connectivity index (χ3n) is 2.90. The summed E-state index contributed by atoms with van der Waals surface area (Å²) in [7, 11) is 3.30. The maximum absolute atomic E-state index is 12.2. The number of aryl methyl sites for hydroxylation is 2. The second-order valence-corrected chi connectivity index (χ2v) is 5.01. The van der Waals surface area contributed by atoms with Crippen LogP contribution in [-0.2, 0) is 14.1 Å². The fraction of sp³-hybridized carbons (Fsp3) is 0.273. The molecule has 0 unspecified atom stereocenters. The molecule has 106 valence electrons. The molecule has 0 radical (unpaired) electrons. The zero-order valence-electron chi connectivity index (χ0n) is 11.1. The predicted molar refractivity (Wildman–Crippen MR) is 75.3 cm³/mol. The van der Waals surface area contributed by atoms with Gasteiger partial charge in [0.2, 0.25) is 0 Å². The van der Waals surface area contributed by atoms with Gasteiger partial charge >= 0.3 is 0 Å². The van der Waals surface area contributed by atoms with E-state index in [4.69, 9.17) is 5.73 Å². The maximum Gasteiger partial charge on any atom is 0.277 e. The van der Waals surface area contributed by atoms with Crippen molar-refractivity contribution in [1.29, 1.82) is 0 Å². The Morgan fingerprint density at radius 2 is 2.00 bits per heavy atom. The Bertz CT molecular complexity index is 702. The van der Waals surface area contributed by atoms with Gasteiger partial charge in [0.25, 0.3) is 11.8 Å². The molecule has 0 aromatic carbocycles. The molecular formula is C11H13BrN6O2. The lowest BCUT2D eigenvalue weighted by atomic mass is 10.3. The van der Waals surface area contributed by atoms with Crippen molar-refractivity contribution in [1.82, 2.24) is 19.6 Å². The molecule has 2 heterocycles. The molecular weight excluding hydrogens is 328 g/mol. The van der Waals surface area contributed by atoms with E-state index in [0.717, 1.165) is 5.69 Å². The molecule has 0 spiro atoms. The number of nitrogens with zero attached hydrogens (tertiary/aromatic N) is 4. The first kappa shape index (κ1) is 14.3. The minimum absolute atomic E-state index is 0.127. The third kappa shape index (κ3) is 2.31. The fourth-order valence-electron chi connectivity index (χ4n) is 1.73. The topological polar surface area (TPSA) is 108 Å². The lowest BCUT2D eigenvalue weighted by Gasteiger charge is -2.03. The van der Waals surface area contributed by atoms with Gasteiger partial charge in [-0.2, -0.15) is 10.2 Å². The summed E-state index contributed by atoms with van der Waals surface area (Å²) in [5.74, 6) is -1.12. The van der Waals surface area contributed by atoms with Crippen molar-refractivity contribution < 1.29 is 9.59 Å². The predicted octanol–water partition coefficient (Wildman–Crippen LogP) is 0.576. The van der Waals surface area contributed by atoms with Crippen LogP contribution in [0.25, 0.3) is 0 Å². The molecule has 8 nitrogen and oxygen atoms in total. The van der Waals surface area contributed by atoms with Gasteiger partial charge in [-0.15, -0.1) is 0 Å². The molecule has 0 atom stereocenters. The number of anilines is 1. The second-order valence-electron chi connectivity index (χ2n) is 4.22. The highest BCUT2D eigenvalue weighted by atomic mass is 79.9. The summed E-state index contributed by atoms with van der Waals surface area (Å²) in [6.07, 6.45) is 1.36. The molecule has 2 rings (SSSR count). The van der Waals surface area contributed by atoms with Crippen LogP contribution in [0, 0.1) is 6.92 Å². The van der Waals surface area contributed by atoms with Crippen molar-refractivity contribution in [3.63, 3.8) is 0 Å². The van der Waals surface area contributed by atoms with Crippen molar-refractivity contribution in [2.45, 2.75) is 6.92 Å². The minimum Gasteiger partial charge on any atom is -0.364 e. The molecule has 2 aromatic rings. The van der Waals surface area contributed by atoms with E-state index in [9.17, 15) is 9.59 Å². The number of carbonyl (C=O) groups is 2. The summed E-state index contributed by atoms with van der Waals surface area (Å²) in [4.78, 5) is 23.5. The smallest absolute Gasteiger partial charge is 0.277 e. The number of nitrogens with one attached hydrogen (secondary N) is 1. The molecule has 9 heteroatoms. The van der Waals surface area contributed by atoms with Crippen LogP contribution in [0.15, 0.2) is 10.7 Å². The summed E-state index contributed by atoms with van der Waals surface area (Å²) in [5, 5.41) is 10.6. The van der Waals surface area contributed by atoms with Crippen LogP contribution in [0.2, 0.25) is 0 Å². The van der Waals surface area contributed by atoms with E-state index in [1.165, 1.54) is 10.9 Å². The van der Waals surface area contributed by atoms with Crippen molar-refractivity contribution in [2.75, 3.05) is 5.32 Å². The lowest BCUT2D eigenvalue weighted by Crippen LogP contribution is -2.20. The Morgan fingerprint density at radius 3 is 2.50 bits per heavy atom. The first-order chi connectivity index (χ1) is 9.32. The van der Waals surface area contributed by atoms with Crippen LogP contribution in [0.3, 0.4) is 0 Å². The number of carbonyl (C=O) groups excluding carboxylic acids is 2. The Hall–Kier alpha value is -2.16. The zero-order chi connectivity index (χ0) is 15.0. The Balaban J connectivity index is 2.33. The average Bonchev–Trinajstić information content (AvgIpc) is 2.85. The normalized spacial score (nSPS) is 10.6. The molecule has 0 aliphatic carbocycles. The molecule has 20 heavy (non-hydrogen) atoms.